The van der Waals surface area contributed by atoms with E-state index in [1.54, 1.807) is 17.2 Å². The molecule has 0 saturated heterocycles. The van der Waals surface area contributed by atoms with Crippen LogP contribution in [0.5, 0.6) is 0 Å². The molecule has 0 spiro atoms. The number of benzene rings is 1. The van der Waals surface area contributed by atoms with E-state index in [1.165, 1.54) is 0 Å². The Hall–Kier alpha value is -2.36. The number of anilines is 1. The Kier molecular flexibility index (Phi) is 3.57. The fraction of sp³-hybridized carbons (Fsp3) is 0.143. The number of rotatable bonds is 4. The summed E-state index contributed by atoms with van der Waals surface area (Å²) in [7, 11) is 1.81. The number of aromatic nitrogens is 1. The topological polar surface area (TPSA) is 53.2 Å². The number of H-pyrrole nitrogens is 1. The van der Waals surface area contributed by atoms with Crippen LogP contribution in [0.25, 0.3) is 11.1 Å². The number of hydrogen-bond acceptors (Lipinski definition) is 3. The molecule has 2 rings (SSSR count). The first-order valence-corrected chi connectivity index (χ1v) is 5.65. The highest BCUT2D eigenvalue weighted by atomic mass is 16.1. The Balaban J connectivity index is 2.54. The van der Waals surface area contributed by atoms with E-state index in [1.807, 2.05) is 37.4 Å². The molecule has 0 fully saturated rings. The van der Waals surface area contributed by atoms with Gasteiger partial charge in [-0.15, -0.1) is 0 Å². The minimum Gasteiger partial charge on any atom is -0.366 e. The molecule has 4 nitrogen and oxygen atoms in total. The molecule has 0 aliphatic rings. The third-order valence-electron chi connectivity index (χ3n) is 2.75. The molecule has 0 atom stereocenters. The van der Waals surface area contributed by atoms with Crippen molar-refractivity contribution in [2.75, 3.05) is 18.5 Å². The van der Waals surface area contributed by atoms with Crippen LogP contribution in [0.2, 0.25) is 0 Å². The van der Waals surface area contributed by atoms with Gasteiger partial charge in [0.15, 0.2) is 0 Å². The molecule has 0 aliphatic heterocycles. The lowest BCUT2D eigenvalue weighted by Crippen LogP contribution is -2.21. The van der Waals surface area contributed by atoms with Gasteiger partial charge in [0, 0.05) is 24.9 Å². The predicted octanol–water partition coefficient (Wildman–Crippen LogP) is 1.68. The van der Waals surface area contributed by atoms with Crippen LogP contribution >= 0.6 is 0 Å². The van der Waals surface area contributed by atoms with Crippen molar-refractivity contribution in [3.05, 3.63) is 52.9 Å². The van der Waals surface area contributed by atoms with Crippen molar-refractivity contribution >= 4 is 12.0 Å². The van der Waals surface area contributed by atoms with Crippen molar-refractivity contribution in [2.24, 2.45) is 0 Å². The summed E-state index contributed by atoms with van der Waals surface area (Å²) in [5.41, 5.74) is 2.45. The normalized spacial score (nSPS) is 10.1. The minimum absolute atomic E-state index is 0.155. The second-order valence-corrected chi connectivity index (χ2v) is 4.01. The van der Waals surface area contributed by atoms with Crippen molar-refractivity contribution in [3.8, 4) is 11.1 Å². The van der Waals surface area contributed by atoms with Crippen LogP contribution in [-0.4, -0.2) is 24.9 Å². The molecule has 2 aromatic rings. The maximum atomic E-state index is 11.5. The van der Waals surface area contributed by atoms with Gasteiger partial charge in [-0.25, -0.2) is 0 Å². The molecular formula is C14H14N2O2. The third-order valence-corrected chi connectivity index (χ3v) is 2.75. The summed E-state index contributed by atoms with van der Waals surface area (Å²) in [5.74, 6) is 0. The lowest BCUT2D eigenvalue weighted by molar-refractivity contribution is -0.106. The Morgan fingerprint density at radius 2 is 2.00 bits per heavy atom. The van der Waals surface area contributed by atoms with E-state index in [0.29, 0.717) is 0 Å². The third kappa shape index (κ3) is 2.48. The van der Waals surface area contributed by atoms with E-state index in [9.17, 15) is 9.59 Å². The van der Waals surface area contributed by atoms with Crippen LogP contribution in [0, 0.1) is 0 Å². The van der Waals surface area contributed by atoms with Gasteiger partial charge < -0.3 is 14.7 Å². The molecule has 0 amide bonds. The summed E-state index contributed by atoms with van der Waals surface area (Å²) < 4.78 is 0. The molecule has 0 bridgehead atoms. The first kappa shape index (κ1) is 12.1. The molecule has 0 aliphatic carbocycles. The average molecular weight is 242 g/mol. The SMILES string of the molecule is CN(CC=O)c1c[nH]c(=O)cc1-c1ccccc1. The standard InChI is InChI=1S/C14H14N2O2/c1-16(7-8-17)13-10-15-14(18)9-12(13)11-5-3-2-4-6-11/h2-6,8-10H,7H2,1H3,(H,15,18). The van der Waals surface area contributed by atoms with Crippen molar-refractivity contribution in [3.63, 3.8) is 0 Å². The number of aldehydes is 1. The smallest absolute Gasteiger partial charge is 0.248 e. The van der Waals surface area contributed by atoms with Gasteiger partial charge in [-0.05, 0) is 5.56 Å². The molecule has 92 valence electrons. The van der Waals surface area contributed by atoms with Gasteiger partial charge in [-0.2, -0.15) is 0 Å². The molecular weight excluding hydrogens is 228 g/mol. The molecule has 1 aromatic carbocycles. The molecule has 4 heteroatoms. The minimum atomic E-state index is -0.155. The van der Waals surface area contributed by atoms with E-state index in [4.69, 9.17) is 0 Å². The van der Waals surface area contributed by atoms with Gasteiger partial charge >= 0.3 is 0 Å². The number of aromatic amines is 1. The summed E-state index contributed by atoms with van der Waals surface area (Å²) in [6.45, 7) is 0.284. The lowest BCUT2D eigenvalue weighted by atomic mass is 10.1. The van der Waals surface area contributed by atoms with E-state index < -0.39 is 0 Å². The van der Waals surface area contributed by atoms with Crippen molar-refractivity contribution in [2.45, 2.75) is 0 Å². The van der Waals surface area contributed by atoms with Crippen LogP contribution in [-0.2, 0) is 4.79 Å². The first-order chi connectivity index (χ1) is 8.72. The number of hydrogen-bond donors (Lipinski definition) is 1. The predicted molar refractivity (Wildman–Crippen MR) is 71.8 cm³/mol. The fourth-order valence-electron chi connectivity index (χ4n) is 1.84. The summed E-state index contributed by atoms with van der Waals surface area (Å²) in [4.78, 5) is 26.5. The first-order valence-electron chi connectivity index (χ1n) is 5.65. The molecule has 0 radical (unpaired) electrons. The van der Waals surface area contributed by atoms with E-state index >= 15 is 0 Å². The molecule has 0 saturated carbocycles. The lowest BCUT2D eigenvalue weighted by Gasteiger charge is -2.19. The molecule has 1 heterocycles. The number of likely N-dealkylation sites (N-methyl/N-ethyl adjacent to an activating group) is 1. The van der Waals surface area contributed by atoms with Crippen molar-refractivity contribution < 1.29 is 4.79 Å². The van der Waals surface area contributed by atoms with E-state index in [-0.39, 0.29) is 12.1 Å². The fourth-order valence-corrected chi connectivity index (χ4v) is 1.84. The zero-order valence-corrected chi connectivity index (χ0v) is 10.1. The Morgan fingerprint density at radius 3 is 2.67 bits per heavy atom. The number of carbonyl (C=O) groups excluding carboxylic acids is 1. The number of nitrogens with zero attached hydrogens (tertiary/aromatic N) is 1. The van der Waals surface area contributed by atoms with Crippen LogP contribution in [0.4, 0.5) is 5.69 Å². The van der Waals surface area contributed by atoms with Gasteiger partial charge in [0.25, 0.3) is 0 Å². The second-order valence-electron chi connectivity index (χ2n) is 4.01. The molecule has 1 aromatic heterocycles. The Labute approximate surface area is 105 Å². The Bertz CT molecular complexity index is 590. The van der Waals surface area contributed by atoms with Crippen molar-refractivity contribution in [1.82, 2.24) is 4.98 Å². The summed E-state index contributed by atoms with van der Waals surface area (Å²) in [5, 5.41) is 0. The van der Waals surface area contributed by atoms with Crippen LogP contribution < -0.4 is 10.5 Å². The number of pyridine rings is 1. The Morgan fingerprint density at radius 1 is 1.28 bits per heavy atom. The van der Waals surface area contributed by atoms with Gasteiger partial charge in [0.2, 0.25) is 5.56 Å². The monoisotopic (exact) mass is 242 g/mol. The van der Waals surface area contributed by atoms with Gasteiger partial charge in [0.1, 0.15) is 6.29 Å². The van der Waals surface area contributed by atoms with E-state index in [0.717, 1.165) is 23.1 Å². The van der Waals surface area contributed by atoms with Gasteiger partial charge in [-0.3, -0.25) is 4.79 Å². The molecule has 1 N–H and O–H groups in total. The number of nitrogens with one attached hydrogen (secondary N) is 1. The summed E-state index contributed by atoms with van der Waals surface area (Å²) in [6, 6.07) is 11.2. The quantitative estimate of drug-likeness (QED) is 0.830. The maximum absolute atomic E-state index is 11.5. The van der Waals surface area contributed by atoms with Crippen molar-refractivity contribution in [1.29, 1.82) is 0 Å². The average Bonchev–Trinajstić information content (AvgIpc) is 2.40. The molecule has 18 heavy (non-hydrogen) atoms. The summed E-state index contributed by atoms with van der Waals surface area (Å²) >= 11 is 0. The highest BCUT2D eigenvalue weighted by Crippen LogP contribution is 2.27. The number of carbonyl (C=O) groups is 1. The van der Waals surface area contributed by atoms with Crippen LogP contribution in [0.15, 0.2) is 47.4 Å². The van der Waals surface area contributed by atoms with Gasteiger partial charge in [0.05, 0.1) is 12.2 Å². The zero-order chi connectivity index (χ0) is 13.0. The van der Waals surface area contributed by atoms with Crippen LogP contribution in [0.3, 0.4) is 0 Å². The van der Waals surface area contributed by atoms with Gasteiger partial charge in [-0.1, -0.05) is 30.3 Å². The zero-order valence-electron chi connectivity index (χ0n) is 10.1. The molecule has 0 unspecified atom stereocenters. The summed E-state index contributed by atoms with van der Waals surface area (Å²) in [6.07, 6.45) is 2.47. The largest absolute Gasteiger partial charge is 0.366 e. The highest BCUT2D eigenvalue weighted by Gasteiger charge is 2.09. The van der Waals surface area contributed by atoms with E-state index in [2.05, 4.69) is 4.98 Å². The second kappa shape index (κ2) is 5.31. The highest BCUT2D eigenvalue weighted by molar-refractivity contribution is 5.79. The van der Waals surface area contributed by atoms with Crippen LogP contribution in [0.1, 0.15) is 0 Å². The maximum Gasteiger partial charge on any atom is 0.248 e.